The molecule has 0 atom stereocenters. The molecule has 0 fully saturated rings. The number of hydrogen-bond donors (Lipinski definition) is 1. The summed E-state index contributed by atoms with van der Waals surface area (Å²) in [7, 11) is 0. The fraction of sp³-hybridized carbons (Fsp3) is 0.118. The van der Waals surface area contributed by atoms with Gasteiger partial charge in [-0.1, -0.05) is 30.3 Å². The van der Waals surface area contributed by atoms with E-state index in [0.717, 1.165) is 21.9 Å². The minimum absolute atomic E-state index is 0.850. The van der Waals surface area contributed by atoms with Crippen molar-refractivity contribution in [2.75, 3.05) is 5.73 Å². The minimum atomic E-state index is 0.850. The lowest BCUT2D eigenvalue weighted by Crippen LogP contribution is -1.91. The number of anilines is 1. The molecule has 2 aromatic carbocycles. The minimum Gasteiger partial charge on any atom is -0.398 e. The summed E-state index contributed by atoms with van der Waals surface area (Å²) in [4.78, 5) is 5.61. The molecule has 0 aliphatic heterocycles. The van der Waals surface area contributed by atoms with E-state index in [0.29, 0.717) is 0 Å². The number of pyridine rings is 1. The topological polar surface area (TPSA) is 38.9 Å². The number of para-hydroxylation sites is 1. The van der Waals surface area contributed by atoms with Gasteiger partial charge in [0.2, 0.25) is 0 Å². The van der Waals surface area contributed by atoms with Crippen molar-refractivity contribution in [2.24, 2.45) is 0 Å². The van der Waals surface area contributed by atoms with Gasteiger partial charge in [0, 0.05) is 27.9 Å². The third-order valence-electron chi connectivity index (χ3n) is 3.26. The van der Waals surface area contributed by atoms with Crippen LogP contribution < -0.4 is 5.73 Å². The standard InChI is InChI=1S/C17H16N2S/c1-12-7-8-16(15(18)10-12)20-11-14-5-2-4-13-6-3-9-19-17(13)14/h2-10H,11,18H2,1H3. The van der Waals surface area contributed by atoms with E-state index in [9.17, 15) is 0 Å². The van der Waals surface area contributed by atoms with Crippen molar-refractivity contribution in [2.45, 2.75) is 17.6 Å². The Morgan fingerprint density at radius 3 is 2.80 bits per heavy atom. The van der Waals surface area contributed by atoms with Crippen LogP contribution in [0, 0.1) is 6.92 Å². The first kappa shape index (κ1) is 13.0. The number of aryl methyl sites for hydroxylation is 1. The van der Waals surface area contributed by atoms with Crippen molar-refractivity contribution in [3.05, 3.63) is 65.9 Å². The molecule has 0 spiro atoms. The Morgan fingerprint density at radius 2 is 1.95 bits per heavy atom. The van der Waals surface area contributed by atoms with Crippen LogP contribution in [-0.4, -0.2) is 4.98 Å². The molecule has 20 heavy (non-hydrogen) atoms. The van der Waals surface area contributed by atoms with Gasteiger partial charge in [0.1, 0.15) is 0 Å². The molecule has 0 amide bonds. The maximum atomic E-state index is 6.06. The van der Waals surface area contributed by atoms with Gasteiger partial charge in [-0.05, 0) is 36.2 Å². The van der Waals surface area contributed by atoms with Crippen LogP contribution in [0.2, 0.25) is 0 Å². The Labute approximate surface area is 123 Å². The highest BCUT2D eigenvalue weighted by molar-refractivity contribution is 7.98. The van der Waals surface area contributed by atoms with Crippen LogP contribution in [0.3, 0.4) is 0 Å². The van der Waals surface area contributed by atoms with Gasteiger partial charge in [-0.2, -0.15) is 0 Å². The Hall–Kier alpha value is -2.00. The molecular formula is C17H16N2S. The van der Waals surface area contributed by atoms with E-state index < -0.39 is 0 Å². The van der Waals surface area contributed by atoms with Crippen LogP contribution in [0.25, 0.3) is 10.9 Å². The van der Waals surface area contributed by atoms with E-state index in [1.54, 1.807) is 11.8 Å². The Kier molecular flexibility index (Phi) is 3.61. The number of aromatic nitrogens is 1. The Bertz CT molecular complexity index is 748. The van der Waals surface area contributed by atoms with E-state index >= 15 is 0 Å². The highest BCUT2D eigenvalue weighted by Crippen LogP contribution is 2.30. The van der Waals surface area contributed by atoms with E-state index in [1.807, 2.05) is 18.3 Å². The zero-order valence-corrected chi connectivity index (χ0v) is 12.2. The highest BCUT2D eigenvalue weighted by atomic mass is 32.2. The first-order valence-electron chi connectivity index (χ1n) is 6.55. The first-order valence-corrected chi connectivity index (χ1v) is 7.54. The second kappa shape index (κ2) is 5.55. The van der Waals surface area contributed by atoms with Crippen molar-refractivity contribution >= 4 is 28.4 Å². The van der Waals surface area contributed by atoms with Crippen LogP contribution in [0.5, 0.6) is 0 Å². The quantitative estimate of drug-likeness (QED) is 0.570. The van der Waals surface area contributed by atoms with Crippen molar-refractivity contribution in [1.29, 1.82) is 0 Å². The fourth-order valence-electron chi connectivity index (χ4n) is 2.24. The normalized spacial score (nSPS) is 10.8. The molecule has 1 heterocycles. The zero-order chi connectivity index (χ0) is 13.9. The summed E-state index contributed by atoms with van der Waals surface area (Å²) < 4.78 is 0. The molecule has 0 unspecified atom stereocenters. The number of nitrogen functional groups attached to an aromatic ring is 1. The van der Waals surface area contributed by atoms with Gasteiger partial charge in [-0.15, -0.1) is 11.8 Å². The smallest absolute Gasteiger partial charge is 0.0742 e. The van der Waals surface area contributed by atoms with Crippen LogP contribution in [-0.2, 0) is 5.75 Å². The maximum absolute atomic E-state index is 6.06. The lowest BCUT2D eigenvalue weighted by atomic mass is 10.1. The number of rotatable bonds is 3. The Morgan fingerprint density at radius 1 is 1.10 bits per heavy atom. The van der Waals surface area contributed by atoms with Gasteiger partial charge >= 0.3 is 0 Å². The Balaban J connectivity index is 1.87. The summed E-state index contributed by atoms with van der Waals surface area (Å²) in [5.41, 5.74) is 10.4. The summed E-state index contributed by atoms with van der Waals surface area (Å²) in [6.07, 6.45) is 1.84. The van der Waals surface area contributed by atoms with E-state index in [2.05, 4.69) is 48.3 Å². The number of benzene rings is 2. The summed E-state index contributed by atoms with van der Waals surface area (Å²) in [5, 5.41) is 1.18. The molecule has 0 saturated heterocycles. The van der Waals surface area contributed by atoms with E-state index in [-0.39, 0.29) is 0 Å². The summed E-state index contributed by atoms with van der Waals surface area (Å²) >= 11 is 1.76. The van der Waals surface area contributed by atoms with Gasteiger partial charge in [0.05, 0.1) is 5.52 Å². The third-order valence-corrected chi connectivity index (χ3v) is 4.40. The van der Waals surface area contributed by atoms with E-state index in [4.69, 9.17) is 5.73 Å². The molecule has 2 N–H and O–H groups in total. The van der Waals surface area contributed by atoms with Gasteiger partial charge < -0.3 is 5.73 Å². The average Bonchev–Trinajstić information content (AvgIpc) is 2.46. The third kappa shape index (κ3) is 2.63. The molecular weight excluding hydrogens is 264 g/mol. The summed E-state index contributed by atoms with van der Waals surface area (Å²) in [6.45, 7) is 2.05. The molecule has 100 valence electrons. The molecule has 3 rings (SSSR count). The second-order valence-corrected chi connectivity index (χ2v) is 5.84. The number of hydrogen-bond acceptors (Lipinski definition) is 3. The SMILES string of the molecule is Cc1ccc(SCc2cccc3cccnc23)c(N)c1. The van der Waals surface area contributed by atoms with E-state index in [1.165, 1.54) is 16.5 Å². The first-order chi connectivity index (χ1) is 9.74. The molecule has 0 radical (unpaired) electrons. The summed E-state index contributed by atoms with van der Waals surface area (Å²) in [5.74, 6) is 0.877. The van der Waals surface area contributed by atoms with Crippen molar-refractivity contribution in [3.63, 3.8) is 0 Å². The van der Waals surface area contributed by atoms with Gasteiger partial charge in [-0.25, -0.2) is 0 Å². The highest BCUT2D eigenvalue weighted by Gasteiger charge is 2.05. The van der Waals surface area contributed by atoms with Crippen LogP contribution >= 0.6 is 11.8 Å². The number of thioether (sulfide) groups is 1. The molecule has 0 bridgehead atoms. The number of nitrogens with two attached hydrogens (primary N) is 1. The molecule has 2 nitrogen and oxygen atoms in total. The van der Waals surface area contributed by atoms with Crippen molar-refractivity contribution < 1.29 is 0 Å². The maximum Gasteiger partial charge on any atom is 0.0742 e. The molecule has 1 aromatic heterocycles. The molecule has 3 heteroatoms. The zero-order valence-electron chi connectivity index (χ0n) is 11.3. The lowest BCUT2D eigenvalue weighted by Gasteiger charge is -2.08. The number of fused-ring (bicyclic) bond motifs is 1. The molecule has 3 aromatic rings. The van der Waals surface area contributed by atoms with Crippen molar-refractivity contribution in [3.8, 4) is 0 Å². The monoisotopic (exact) mass is 280 g/mol. The van der Waals surface area contributed by atoms with Crippen molar-refractivity contribution in [1.82, 2.24) is 4.98 Å². The fourth-order valence-corrected chi connectivity index (χ4v) is 3.17. The lowest BCUT2D eigenvalue weighted by molar-refractivity contribution is 1.33. The summed E-state index contributed by atoms with van der Waals surface area (Å²) in [6, 6.07) is 16.6. The van der Waals surface area contributed by atoms with Crippen LogP contribution in [0.4, 0.5) is 5.69 Å². The molecule has 0 aliphatic carbocycles. The van der Waals surface area contributed by atoms with Gasteiger partial charge in [-0.3, -0.25) is 4.98 Å². The second-order valence-electron chi connectivity index (χ2n) is 4.82. The predicted molar refractivity (Wildman–Crippen MR) is 86.9 cm³/mol. The predicted octanol–water partition coefficient (Wildman–Crippen LogP) is 4.42. The van der Waals surface area contributed by atoms with Gasteiger partial charge in [0.15, 0.2) is 0 Å². The van der Waals surface area contributed by atoms with Crippen LogP contribution in [0.1, 0.15) is 11.1 Å². The number of nitrogens with zero attached hydrogens (tertiary/aromatic N) is 1. The molecule has 0 aliphatic rings. The van der Waals surface area contributed by atoms with Gasteiger partial charge in [0.25, 0.3) is 0 Å². The average molecular weight is 280 g/mol. The van der Waals surface area contributed by atoms with Crippen LogP contribution in [0.15, 0.2) is 59.6 Å². The molecule has 0 saturated carbocycles. The largest absolute Gasteiger partial charge is 0.398 e.